The highest BCUT2D eigenvalue weighted by Gasteiger charge is 2.17. The number of rotatable bonds is 2. The van der Waals surface area contributed by atoms with Crippen molar-refractivity contribution in [1.29, 1.82) is 0 Å². The van der Waals surface area contributed by atoms with Crippen molar-refractivity contribution in [2.45, 2.75) is 19.9 Å². The highest BCUT2D eigenvalue weighted by atomic mass is 79.9. The SMILES string of the molecule is CC(C)n1c(=O)c(C(=O)O)cc2c(Br)cccc21. The molecule has 1 aromatic carbocycles. The van der Waals surface area contributed by atoms with E-state index in [1.165, 1.54) is 10.6 Å². The van der Waals surface area contributed by atoms with E-state index in [1.807, 2.05) is 32.0 Å². The van der Waals surface area contributed by atoms with Crippen molar-refractivity contribution >= 4 is 32.8 Å². The fourth-order valence-corrected chi connectivity index (χ4v) is 2.46. The summed E-state index contributed by atoms with van der Waals surface area (Å²) in [6, 6.07) is 6.78. The first-order valence-electron chi connectivity index (χ1n) is 5.50. The van der Waals surface area contributed by atoms with Gasteiger partial charge in [0.2, 0.25) is 0 Å². The summed E-state index contributed by atoms with van der Waals surface area (Å²) in [6.07, 6.45) is 0. The Morgan fingerprint density at radius 3 is 2.61 bits per heavy atom. The lowest BCUT2D eigenvalue weighted by Gasteiger charge is -2.15. The van der Waals surface area contributed by atoms with E-state index >= 15 is 0 Å². The Hall–Kier alpha value is -1.62. The first-order valence-corrected chi connectivity index (χ1v) is 6.30. The number of aromatic nitrogens is 1. The van der Waals surface area contributed by atoms with Crippen LogP contribution in [-0.4, -0.2) is 15.6 Å². The van der Waals surface area contributed by atoms with Crippen LogP contribution in [0.5, 0.6) is 0 Å². The average Bonchev–Trinajstić information content (AvgIpc) is 2.27. The van der Waals surface area contributed by atoms with Gasteiger partial charge in [0.1, 0.15) is 5.56 Å². The van der Waals surface area contributed by atoms with Gasteiger partial charge in [-0.05, 0) is 32.0 Å². The van der Waals surface area contributed by atoms with Gasteiger partial charge in [0.25, 0.3) is 5.56 Å². The molecule has 0 amide bonds. The third-order valence-electron chi connectivity index (χ3n) is 2.77. The number of carbonyl (C=O) groups is 1. The summed E-state index contributed by atoms with van der Waals surface area (Å²) in [7, 11) is 0. The Kier molecular flexibility index (Phi) is 3.26. The third-order valence-corrected chi connectivity index (χ3v) is 3.47. The molecule has 0 spiro atoms. The van der Waals surface area contributed by atoms with Gasteiger partial charge in [0.05, 0.1) is 5.52 Å². The molecule has 5 heteroatoms. The van der Waals surface area contributed by atoms with Gasteiger partial charge < -0.3 is 9.67 Å². The molecule has 2 aromatic rings. The molecular weight excluding hydrogens is 298 g/mol. The fraction of sp³-hybridized carbons (Fsp3) is 0.231. The Labute approximate surface area is 112 Å². The number of carboxylic acids is 1. The Bertz CT molecular complexity index is 688. The molecule has 0 fully saturated rings. The molecule has 0 radical (unpaired) electrons. The van der Waals surface area contributed by atoms with Crippen molar-refractivity contribution in [3.63, 3.8) is 0 Å². The highest BCUT2D eigenvalue weighted by molar-refractivity contribution is 9.10. The van der Waals surface area contributed by atoms with Crippen LogP contribution in [0.2, 0.25) is 0 Å². The van der Waals surface area contributed by atoms with E-state index in [0.717, 1.165) is 15.4 Å². The van der Waals surface area contributed by atoms with Gasteiger partial charge in [0.15, 0.2) is 0 Å². The zero-order valence-electron chi connectivity index (χ0n) is 9.98. The summed E-state index contributed by atoms with van der Waals surface area (Å²) in [5.74, 6) is -1.20. The van der Waals surface area contributed by atoms with Crippen LogP contribution in [0.1, 0.15) is 30.2 Å². The summed E-state index contributed by atoms with van der Waals surface area (Å²) in [4.78, 5) is 23.3. The molecule has 0 saturated carbocycles. The minimum absolute atomic E-state index is 0.103. The topological polar surface area (TPSA) is 59.3 Å². The largest absolute Gasteiger partial charge is 0.477 e. The number of benzene rings is 1. The van der Waals surface area contributed by atoms with Gasteiger partial charge in [0, 0.05) is 15.9 Å². The molecule has 94 valence electrons. The molecule has 2 rings (SSSR count). The van der Waals surface area contributed by atoms with Crippen LogP contribution in [0.15, 0.2) is 33.5 Å². The summed E-state index contributed by atoms with van der Waals surface area (Å²) in [5.41, 5.74) is 0.0561. The van der Waals surface area contributed by atoms with Crippen molar-refractivity contribution in [2.24, 2.45) is 0 Å². The van der Waals surface area contributed by atoms with E-state index in [0.29, 0.717) is 0 Å². The van der Waals surface area contributed by atoms with E-state index in [1.54, 1.807) is 0 Å². The average molecular weight is 310 g/mol. The number of pyridine rings is 1. The molecule has 1 aromatic heterocycles. The maximum Gasteiger partial charge on any atom is 0.341 e. The normalized spacial score (nSPS) is 11.1. The van der Waals surface area contributed by atoms with Crippen LogP contribution in [0.4, 0.5) is 0 Å². The quantitative estimate of drug-likeness (QED) is 0.927. The van der Waals surface area contributed by atoms with Crippen LogP contribution in [-0.2, 0) is 0 Å². The van der Waals surface area contributed by atoms with Crippen molar-refractivity contribution in [3.8, 4) is 0 Å². The summed E-state index contributed by atoms with van der Waals surface area (Å²) < 4.78 is 2.28. The summed E-state index contributed by atoms with van der Waals surface area (Å²) in [5, 5.41) is 9.82. The second-order valence-corrected chi connectivity index (χ2v) is 5.16. The smallest absolute Gasteiger partial charge is 0.341 e. The molecule has 0 bridgehead atoms. The number of aromatic carboxylic acids is 1. The molecular formula is C13H12BrNO3. The molecule has 0 unspecified atom stereocenters. The van der Waals surface area contributed by atoms with Gasteiger partial charge >= 0.3 is 5.97 Å². The van der Waals surface area contributed by atoms with Crippen LogP contribution >= 0.6 is 15.9 Å². The van der Waals surface area contributed by atoms with E-state index in [2.05, 4.69) is 15.9 Å². The van der Waals surface area contributed by atoms with Crippen LogP contribution in [0.25, 0.3) is 10.9 Å². The Morgan fingerprint density at radius 1 is 1.39 bits per heavy atom. The first-order chi connectivity index (χ1) is 8.43. The minimum atomic E-state index is -1.20. The first kappa shape index (κ1) is 12.8. The van der Waals surface area contributed by atoms with Crippen molar-refractivity contribution in [2.75, 3.05) is 0 Å². The third kappa shape index (κ3) is 1.95. The molecule has 1 N–H and O–H groups in total. The van der Waals surface area contributed by atoms with E-state index < -0.39 is 11.5 Å². The molecule has 1 heterocycles. The number of carboxylic acid groups (broad SMARTS) is 1. The van der Waals surface area contributed by atoms with Crippen molar-refractivity contribution < 1.29 is 9.90 Å². The number of hydrogen-bond acceptors (Lipinski definition) is 2. The lowest BCUT2D eigenvalue weighted by atomic mass is 10.1. The summed E-state index contributed by atoms with van der Waals surface area (Å²) in [6.45, 7) is 3.71. The number of nitrogens with zero attached hydrogens (tertiary/aromatic N) is 1. The standard InChI is InChI=1S/C13H12BrNO3/c1-7(2)15-11-5-3-4-10(14)8(11)6-9(12(15)16)13(17)18/h3-7H,1-2H3,(H,17,18). The predicted octanol–water partition coefficient (Wildman–Crippen LogP) is 3.04. The monoisotopic (exact) mass is 309 g/mol. The van der Waals surface area contributed by atoms with Gasteiger partial charge in [-0.2, -0.15) is 0 Å². The molecule has 4 nitrogen and oxygen atoms in total. The number of halogens is 1. The molecule has 0 aliphatic carbocycles. The number of fused-ring (bicyclic) bond motifs is 1. The molecule has 0 saturated heterocycles. The Morgan fingerprint density at radius 2 is 2.06 bits per heavy atom. The maximum atomic E-state index is 12.1. The second-order valence-electron chi connectivity index (χ2n) is 4.30. The van der Waals surface area contributed by atoms with Gasteiger partial charge in [-0.3, -0.25) is 4.79 Å². The van der Waals surface area contributed by atoms with Gasteiger partial charge in [-0.15, -0.1) is 0 Å². The molecule has 18 heavy (non-hydrogen) atoms. The van der Waals surface area contributed by atoms with Crippen LogP contribution in [0.3, 0.4) is 0 Å². The van der Waals surface area contributed by atoms with E-state index in [9.17, 15) is 9.59 Å². The predicted molar refractivity (Wildman–Crippen MR) is 73.3 cm³/mol. The highest BCUT2D eigenvalue weighted by Crippen LogP contribution is 2.25. The molecule has 0 atom stereocenters. The van der Waals surface area contributed by atoms with Gasteiger partial charge in [-0.25, -0.2) is 4.79 Å². The zero-order valence-corrected chi connectivity index (χ0v) is 11.6. The van der Waals surface area contributed by atoms with E-state index in [-0.39, 0.29) is 11.6 Å². The molecule has 0 aliphatic rings. The fourth-order valence-electron chi connectivity index (χ4n) is 1.99. The lowest BCUT2D eigenvalue weighted by Crippen LogP contribution is -2.28. The molecule has 0 aliphatic heterocycles. The Balaban J connectivity index is 3.02. The van der Waals surface area contributed by atoms with Crippen molar-refractivity contribution in [3.05, 3.63) is 44.7 Å². The van der Waals surface area contributed by atoms with Gasteiger partial charge in [-0.1, -0.05) is 22.0 Å². The minimum Gasteiger partial charge on any atom is -0.477 e. The van der Waals surface area contributed by atoms with Crippen molar-refractivity contribution in [1.82, 2.24) is 4.57 Å². The number of hydrogen-bond donors (Lipinski definition) is 1. The zero-order chi connectivity index (χ0) is 13.4. The van der Waals surface area contributed by atoms with E-state index in [4.69, 9.17) is 5.11 Å². The van der Waals surface area contributed by atoms with Crippen LogP contribution < -0.4 is 5.56 Å². The second kappa shape index (κ2) is 4.57. The van der Waals surface area contributed by atoms with Crippen LogP contribution in [0, 0.1) is 0 Å². The maximum absolute atomic E-state index is 12.1. The lowest BCUT2D eigenvalue weighted by molar-refractivity contribution is 0.0694. The summed E-state index contributed by atoms with van der Waals surface area (Å²) >= 11 is 3.38.